The molecule has 1 fully saturated rings. The third-order valence-electron chi connectivity index (χ3n) is 6.23. The van der Waals surface area contributed by atoms with Gasteiger partial charge >= 0.3 is 0 Å². The first-order chi connectivity index (χ1) is 15.6. The van der Waals surface area contributed by atoms with Gasteiger partial charge in [0, 0.05) is 31.0 Å². The maximum absolute atomic E-state index is 12.6. The molecule has 2 aliphatic heterocycles. The monoisotopic (exact) mass is 432 g/mol. The van der Waals surface area contributed by atoms with E-state index in [0.717, 1.165) is 41.5 Å². The summed E-state index contributed by atoms with van der Waals surface area (Å²) >= 11 is 0. The summed E-state index contributed by atoms with van der Waals surface area (Å²) in [6, 6.07) is 11.9. The number of amides is 1. The molecule has 3 aromatic rings. The predicted molar refractivity (Wildman–Crippen MR) is 123 cm³/mol. The summed E-state index contributed by atoms with van der Waals surface area (Å²) in [5.74, 6) is 2.90. The molecule has 8 nitrogen and oxygen atoms in total. The van der Waals surface area contributed by atoms with Crippen molar-refractivity contribution in [3.8, 4) is 11.6 Å². The third kappa shape index (κ3) is 3.81. The van der Waals surface area contributed by atoms with Crippen molar-refractivity contribution in [2.45, 2.75) is 45.4 Å². The second kappa shape index (κ2) is 8.61. The molecule has 1 amide bonds. The van der Waals surface area contributed by atoms with E-state index in [1.54, 1.807) is 4.68 Å². The smallest absolute Gasteiger partial charge is 0.226 e. The highest BCUT2D eigenvalue weighted by Crippen LogP contribution is 2.40. The van der Waals surface area contributed by atoms with E-state index in [0.29, 0.717) is 24.7 Å². The minimum absolute atomic E-state index is 0.0320. The van der Waals surface area contributed by atoms with Gasteiger partial charge in [-0.05, 0) is 62.9 Å². The highest BCUT2D eigenvalue weighted by atomic mass is 16.5. The Balaban J connectivity index is 1.47. The van der Waals surface area contributed by atoms with Crippen molar-refractivity contribution in [2.75, 3.05) is 29.9 Å². The lowest BCUT2D eigenvalue weighted by molar-refractivity contribution is -0.116. The standard InChI is InChI=1S/C24H28N6O2/c1-3-32-18-9-7-17(8-10-18)19-15-22(31)25-24-23(19)16(2)28-30(24)21-12-11-20(26-27-21)29-13-5-4-6-14-29/h7-12,19H,3-6,13-15H2,1-2H3,(H,25,31)/t19-/m0/s1. The minimum atomic E-state index is -0.0660. The molecule has 1 saturated heterocycles. The summed E-state index contributed by atoms with van der Waals surface area (Å²) in [6.07, 6.45) is 4.03. The first-order valence-corrected chi connectivity index (χ1v) is 11.3. The first kappa shape index (κ1) is 20.5. The molecule has 0 aliphatic carbocycles. The number of nitrogens with zero attached hydrogens (tertiary/aromatic N) is 5. The van der Waals surface area contributed by atoms with Gasteiger partial charge in [-0.3, -0.25) is 4.79 Å². The van der Waals surface area contributed by atoms with Crippen LogP contribution in [0.4, 0.5) is 11.6 Å². The van der Waals surface area contributed by atoms with Gasteiger partial charge in [-0.1, -0.05) is 12.1 Å². The van der Waals surface area contributed by atoms with Gasteiger partial charge in [-0.25, -0.2) is 0 Å². The van der Waals surface area contributed by atoms with Crippen molar-refractivity contribution in [2.24, 2.45) is 0 Å². The zero-order chi connectivity index (χ0) is 22.1. The fourth-order valence-electron chi connectivity index (χ4n) is 4.68. The maximum atomic E-state index is 12.6. The average Bonchev–Trinajstić information content (AvgIpc) is 3.16. The molecule has 8 heteroatoms. The summed E-state index contributed by atoms with van der Waals surface area (Å²) < 4.78 is 7.27. The number of rotatable bonds is 5. The van der Waals surface area contributed by atoms with Crippen LogP contribution >= 0.6 is 0 Å². The summed E-state index contributed by atoms with van der Waals surface area (Å²) in [5, 5.41) is 16.6. The molecule has 0 spiro atoms. The van der Waals surface area contributed by atoms with E-state index in [1.807, 2.05) is 50.2 Å². The van der Waals surface area contributed by atoms with Crippen molar-refractivity contribution in [1.29, 1.82) is 0 Å². The highest BCUT2D eigenvalue weighted by Gasteiger charge is 2.33. The van der Waals surface area contributed by atoms with Gasteiger partial charge in [0.2, 0.25) is 5.91 Å². The Morgan fingerprint density at radius 3 is 2.44 bits per heavy atom. The van der Waals surface area contributed by atoms with Crippen LogP contribution in [0.2, 0.25) is 0 Å². The Bertz CT molecular complexity index is 1100. The minimum Gasteiger partial charge on any atom is -0.494 e. The van der Waals surface area contributed by atoms with Crippen molar-refractivity contribution >= 4 is 17.5 Å². The van der Waals surface area contributed by atoms with Gasteiger partial charge in [-0.2, -0.15) is 9.78 Å². The molecule has 0 radical (unpaired) electrons. The van der Waals surface area contributed by atoms with E-state index < -0.39 is 0 Å². The molecule has 1 N–H and O–H groups in total. The van der Waals surface area contributed by atoms with Crippen LogP contribution in [0.3, 0.4) is 0 Å². The molecule has 4 heterocycles. The molecular formula is C24H28N6O2. The van der Waals surface area contributed by atoms with Gasteiger partial charge < -0.3 is 15.0 Å². The van der Waals surface area contributed by atoms with Crippen LogP contribution in [0.5, 0.6) is 5.75 Å². The van der Waals surface area contributed by atoms with Crippen LogP contribution in [0.1, 0.15) is 55.3 Å². The number of ether oxygens (including phenoxy) is 1. The Morgan fingerprint density at radius 2 is 1.75 bits per heavy atom. The highest BCUT2D eigenvalue weighted by molar-refractivity contribution is 5.95. The van der Waals surface area contributed by atoms with Crippen molar-refractivity contribution < 1.29 is 9.53 Å². The Hall–Kier alpha value is -3.42. The van der Waals surface area contributed by atoms with Crippen LogP contribution in [0, 0.1) is 6.92 Å². The number of aryl methyl sites for hydroxylation is 1. The number of anilines is 2. The number of piperidine rings is 1. The number of hydrogen-bond donors (Lipinski definition) is 1. The zero-order valence-electron chi connectivity index (χ0n) is 18.5. The first-order valence-electron chi connectivity index (χ1n) is 11.3. The topological polar surface area (TPSA) is 85.2 Å². The average molecular weight is 433 g/mol. The number of benzene rings is 1. The Labute approximate surface area is 187 Å². The van der Waals surface area contributed by atoms with E-state index in [4.69, 9.17) is 9.84 Å². The van der Waals surface area contributed by atoms with E-state index in [2.05, 4.69) is 20.4 Å². The lowest BCUT2D eigenvalue weighted by Crippen LogP contribution is -2.30. The van der Waals surface area contributed by atoms with E-state index in [9.17, 15) is 4.79 Å². The van der Waals surface area contributed by atoms with Crippen LogP contribution < -0.4 is 15.0 Å². The van der Waals surface area contributed by atoms with E-state index in [-0.39, 0.29) is 11.8 Å². The number of hydrogen-bond acceptors (Lipinski definition) is 6. The molecule has 2 aliphatic rings. The molecule has 166 valence electrons. The van der Waals surface area contributed by atoms with Crippen LogP contribution in [-0.2, 0) is 4.79 Å². The fraction of sp³-hybridized carbons (Fsp3) is 0.417. The number of nitrogens with one attached hydrogen (secondary N) is 1. The molecule has 32 heavy (non-hydrogen) atoms. The molecule has 1 aromatic carbocycles. The quantitative estimate of drug-likeness (QED) is 0.660. The van der Waals surface area contributed by atoms with Gasteiger partial charge in [0.25, 0.3) is 0 Å². The number of carbonyl (C=O) groups excluding carboxylic acids is 1. The SMILES string of the molecule is CCOc1ccc([C@@H]2CC(=O)Nc3c2c(C)nn3-c2ccc(N3CCCCC3)nn2)cc1. The molecule has 5 rings (SSSR count). The Kier molecular flexibility index (Phi) is 5.51. The van der Waals surface area contributed by atoms with Crippen LogP contribution in [0.25, 0.3) is 5.82 Å². The van der Waals surface area contributed by atoms with E-state index >= 15 is 0 Å². The summed E-state index contributed by atoms with van der Waals surface area (Å²) in [4.78, 5) is 14.9. The second-order valence-electron chi connectivity index (χ2n) is 8.36. The van der Waals surface area contributed by atoms with Gasteiger partial charge in [0.05, 0.1) is 12.3 Å². The predicted octanol–water partition coefficient (Wildman–Crippen LogP) is 3.83. The number of carbonyl (C=O) groups is 1. The lowest BCUT2D eigenvalue weighted by atomic mass is 9.86. The van der Waals surface area contributed by atoms with E-state index in [1.165, 1.54) is 19.3 Å². The summed E-state index contributed by atoms with van der Waals surface area (Å²) in [7, 11) is 0. The van der Waals surface area contributed by atoms with Gasteiger partial charge in [-0.15, -0.1) is 10.2 Å². The third-order valence-corrected chi connectivity index (χ3v) is 6.23. The molecule has 2 aromatic heterocycles. The van der Waals surface area contributed by atoms with Crippen LogP contribution in [-0.4, -0.2) is 45.6 Å². The second-order valence-corrected chi connectivity index (χ2v) is 8.36. The van der Waals surface area contributed by atoms with Crippen molar-refractivity contribution in [1.82, 2.24) is 20.0 Å². The summed E-state index contributed by atoms with van der Waals surface area (Å²) in [6.45, 7) is 6.60. The molecule has 0 saturated carbocycles. The van der Waals surface area contributed by atoms with Crippen LogP contribution in [0.15, 0.2) is 36.4 Å². The molecule has 0 unspecified atom stereocenters. The fourth-order valence-corrected chi connectivity index (χ4v) is 4.68. The lowest BCUT2D eigenvalue weighted by Gasteiger charge is -2.27. The normalized spacial score (nSPS) is 18.2. The van der Waals surface area contributed by atoms with Crippen molar-refractivity contribution in [3.05, 3.63) is 53.2 Å². The van der Waals surface area contributed by atoms with Crippen molar-refractivity contribution in [3.63, 3.8) is 0 Å². The summed E-state index contributed by atoms with van der Waals surface area (Å²) in [5.41, 5.74) is 2.97. The zero-order valence-corrected chi connectivity index (χ0v) is 18.5. The van der Waals surface area contributed by atoms with Gasteiger partial charge in [0.1, 0.15) is 11.6 Å². The number of aromatic nitrogens is 4. The maximum Gasteiger partial charge on any atom is 0.226 e. The van der Waals surface area contributed by atoms with Gasteiger partial charge in [0.15, 0.2) is 11.6 Å². The molecular weight excluding hydrogens is 404 g/mol. The molecule has 1 atom stereocenters. The number of fused-ring (bicyclic) bond motifs is 1. The largest absolute Gasteiger partial charge is 0.494 e. The molecule has 0 bridgehead atoms. The Morgan fingerprint density at radius 1 is 1.03 bits per heavy atom.